The Balaban J connectivity index is 4.02. The highest BCUT2D eigenvalue weighted by atomic mass is 28.4. The monoisotopic (exact) mass is 376 g/mol. The molecule has 0 aromatic carbocycles. The zero-order valence-corrected chi connectivity index (χ0v) is 20.6. The number of hydrogen-bond acceptors (Lipinski definition) is 3. The number of likely N-dealkylation sites (N-methyl/N-ethyl adjacent to an activating group) is 1. The van der Waals surface area contributed by atoms with Gasteiger partial charge in [0.2, 0.25) is 10.4 Å². The summed E-state index contributed by atoms with van der Waals surface area (Å²) in [6, 6.07) is 1.24. The molecule has 23 heavy (non-hydrogen) atoms. The van der Waals surface area contributed by atoms with E-state index in [0.29, 0.717) is 12.2 Å². The highest BCUT2D eigenvalue weighted by Gasteiger charge is 2.29. The molecule has 0 N–H and O–H groups in total. The molecule has 0 aliphatic rings. The molecule has 4 nitrogen and oxygen atoms in total. The number of hydrogen-bond donors (Lipinski definition) is 0. The second kappa shape index (κ2) is 9.31. The second-order valence-corrected chi connectivity index (χ2v) is 20.0. The van der Waals surface area contributed by atoms with E-state index in [4.69, 9.17) is 8.85 Å². The Hall–Kier alpha value is -0.219. The number of unbranched alkanes of at least 4 members (excludes halogenated alkanes) is 1. The summed E-state index contributed by atoms with van der Waals surface area (Å²) in [5.41, 5.74) is 0.474. The minimum atomic E-state index is -1.50. The number of esters is 1. The molecule has 0 aliphatic heterocycles. The third-order valence-electron chi connectivity index (χ3n) is 3.65. The van der Waals surface area contributed by atoms with Crippen LogP contribution >= 0.6 is 0 Å². The lowest BCUT2D eigenvalue weighted by Crippen LogP contribution is -2.45. The van der Waals surface area contributed by atoms with Crippen molar-refractivity contribution in [3.05, 3.63) is 12.2 Å². The van der Waals surface area contributed by atoms with E-state index in [-0.39, 0.29) is 5.97 Å². The van der Waals surface area contributed by atoms with Gasteiger partial charge in [-0.05, 0) is 58.5 Å². The molecule has 0 amide bonds. The largest absolute Gasteiger partial charge is 0.456 e. The van der Waals surface area contributed by atoms with Crippen LogP contribution in [0.25, 0.3) is 0 Å². The smallest absolute Gasteiger partial charge is 0.333 e. The Morgan fingerprint density at radius 3 is 2.17 bits per heavy atom. The van der Waals surface area contributed by atoms with Crippen molar-refractivity contribution >= 4 is 33.0 Å². The molecule has 1 unspecified atom stereocenters. The van der Waals surface area contributed by atoms with Gasteiger partial charge in [0.15, 0.2) is 16.6 Å². The van der Waals surface area contributed by atoms with E-state index in [1.54, 1.807) is 6.92 Å². The minimum Gasteiger partial charge on any atom is -0.456 e. The van der Waals surface area contributed by atoms with Gasteiger partial charge >= 0.3 is 5.97 Å². The first-order valence-electron chi connectivity index (χ1n) is 8.59. The zero-order chi connectivity index (χ0) is 18.3. The molecule has 1 atom stereocenters. The summed E-state index contributed by atoms with van der Waals surface area (Å²) >= 11 is 0. The van der Waals surface area contributed by atoms with Crippen LogP contribution in [-0.4, -0.2) is 63.9 Å². The van der Waals surface area contributed by atoms with Gasteiger partial charge in [-0.2, -0.15) is 0 Å². The summed E-state index contributed by atoms with van der Waals surface area (Å²) in [7, 11) is 0.398. The molecular formula is C16H38NO3Si3+. The maximum atomic E-state index is 11.4. The SMILES string of the molecule is C=C(C)C(=O)OCC[N+](C)([SiH3])CCCC[Si](C)(C)O[Si](C)(C)C. The van der Waals surface area contributed by atoms with E-state index in [0.717, 1.165) is 27.6 Å². The highest BCUT2D eigenvalue weighted by Crippen LogP contribution is 2.21. The Bertz CT molecular complexity index is 404. The maximum Gasteiger partial charge on any atom is 0.333 e. The number of rotatable bonds is 11. The average Bonchev–Trinajstić information content (AvgIpc) is 2.31. The van der Waals surface area contributed by atoms with E-state index in [2.05, 4.69) is 46.4 Å². The van der Waals surface area contributed by atoms with Gasteiger partial charge in [0, 0.05) is 5.57 Å². The van der Waals surface area contributed by atoms with Crippen molar-refractivity contribution in [1.29, 1.82) is 0 Å². The Morgan fingerprint density at radius 2 is 1.70 bits per heavy atom. The second-order valence-electron chi connectivity index (χ2n) is 8.73. The molecule has 0 aliphatic carbocycles. The third kappa shape index (κ3) is 12.8. The molecular weight excluding hydrogens is 338 g/mol. The van der Waals surface area contributed by atoms with Crippen LogP contribution in [0.2, 0.25) is 38.8 Å². The number of carbonyl (C=O) groups excluding carboxylic acids is 1. The van der Waals surface area contributed by atoms with Crippen molar-refractivity contribution in [2.24, 2.45) is 0 Å². The van der Waals surface area contributed by atoms with Gasteiger partial charge < -0.3 is 13.0 Å². The summed E-state index contributed by atoms with van der Waals surface area (Å²) < 4.78 is 12.6. The molecule has 0 spiro atoms. The fourth-order valence-corrected chi connectivity index (χ4v) is 11.2. The van der Waals surface area contributed by atoms with Crippen LogP contribution < -0.4 is 0 Å². The maximum absolute atomic E-state index is 11.4. The Morgan fingerprint density at radius 1 is 1.13 bits per heavy atom. The topological polar surface area (TPSA) is 35.5 Å². The molecule has 0 fully saturated rings. The van der Waals surface area contributed by atoms with E-state index in [9.17, 15) is 4.79 Å². The van der Waals surface area contributed by atoms with Crippen LogP contribution in [0.4, 0.5) is 0 Å². The lowest BCUT2D eigenvalue weighted by atomic mass is 10.3. The van der Waals surface area contributed by atoms with Crippen LogP contribution in [0.15, 0.2) is 12.2 Å². The number of ether oxygens (including phenoxy) is 1. The van der Waals surface area contributed by atoms with Crippen molar-refractivity contribution in [2.75, 3.05) is 26.7 Å². The van der Waals surface area contributed by atoms with Crippen LogP contribution in [0.3, 0.4) is 0 Å². The summed E-state index contributed by atoms with van der Waals surface area (Å²) in [5, 5.41) is 0. The summed E-state index contributed by atoms with van der Waals surface area (Å²) in [4.78, 5) is 11.4. The zero-order valence-electron chi connectivity index (χ0n) is 16.6. The van der Waals surface area contributed by atoms with E-state index < -0.39 is 16.6 Å². The van der Waals surface area contributed by atoms with E-state index in [1.165, 1.54) is 18.9 Å². The third-order valence-corrected chi connectivity index (χ3v) is 10.8. The lowest BCUT2D eigenvalue weighted by Gasteiger charge is -2.33. The van der Waals surface area contributed by atoms with Gasteiger partial charge in [0.1, 0.15) is 6.61 Å². The molecule has 136 valence electrons. The molecule has 0 radical (unpaired) electrons. The molecule has 0 heterocycles. The summed E-state index contributed by atoms with van der Waals surface area (Å²) in [6.07, 6.45) is 2.46. The fraction of sp³-hybridized carbons (Fsp3) is 0.812. The summed E-state index contributed by atoms with van der Waals surface area (Å²) in [5.74, 6) is -0.275. The summed E-state index contributed by atoms with van der Waals surface area (Å²) in [6.45, 7) is 19.4. The quantitative estimate of drug-likeness (QED) is 0.241. The van der Waals surface area contributed by atoms with Gasteiger partial charge in [-0.25, -0.2) is 4.79 Å². The molecule has 7 heteroatoms. The van der Waals surface area contributed by atoms with Crippen molar-refractivity contribution in [3.63, 3.8) is 0 Å². The first kappa shape index (κ1) is 22.8. The Kier molecular flexibility index (Phi) is 9.22. The minimum absolute atomic E-state index is 0.275. The standard InChI is InChI=1S/C16H38NO3Si3/c1-15(2)16(18)19-13-12-17(3,21)11-9-10-14-23(7,8)20-22(4,5)6/h1,9-14H2,2-8,21H3/q+1. The van der Waals surface area contributed by atoms with Crippen molar-refractivity contribution in [3.8, 4) is 0 Å². The van der Waals surface area contributed by atoms with Gasteiger partial charge in [-0.15, -0.1) is 0 Å². The molecule has 0 bridgehead atoms. The van der Waals surface area contributed by atoms with Crippen LogP contribution in [0, 0.1) is 0 Å². The highest BCUT2D eigenvalue weighted by molar-refractivity contribution is 6.84. The number of nitrogens with zero attached hydrogens (tertiary/aromatic N) is 1. The van der Waals surface area contributed by atoms with Crippen molar-refractivity contribution in [1.82, 2.24) is 0 Å². The molecule has 0 saturated carbocycles. The fourth-order valence-electron chi connectivity index (χ4n) is 2.59. The van der Waals surface area contributed by atoms with Crippen molar-refractivity contribution < 1.29 is 17.8 Å². The molecule has 0 saturated heterocycles. The van der Waals surface area contributed by atoms with E-state index in [1.807, 2.05) is 0 Å². The van der Waals surface area contributed by atoms with Gasteiger partial charge in [0.05, 0.1) is 20.1 Å². The van der Waals surface area contributed by atoms with Gasteiger partial charge in [-0.1, -0.05) is 6.58 Å². The lowest BCUT2D eigenvalue weighted by molar-refractivity contribution is -0.796. The average molecular weight is 377 g/mol. The van der Waals surface area contributed by atoms with Gasteiger partial charge in [-0.3, -0.25) is 0 Å². The van der Waals surface area contributed by atoms with Crippen LogP contribution in [0.5, 0.6) is 0 Å². The molecule has 0 aromatic rings. The van der Waals surface area contributed by atoms with Crippen molar-refractivity contribution in [2.45, 2.75) is 58.5 Å². The van der Waals surface area contributed by atoms with Gasteiger partial charge in [0.25, 0.3) is 0 Å². The first-order valence-corrected chi connectivity index (χ1v) is 16.0. The predicted octanol–water partition coefficient (Wildman–Crippen LogP) is 2.67. The Labute approximate surface area is 148 Å². The van der Waals surface area contributed by atoms with E-state index >= 15 is 0 Å². The molecule has 0 rings (SSSR count). The normalized spacial score (nSPS) is 15.3. The molecule has 0 aromatic heterocycles. The first-order chi connectivity index (χ1) is 10.2. The number of carbonyl (C=O) groups is 1. The van der Waals surface area contributed by atoms with Crippen LogP contribution in [-0.2, 0) is 13.6 Å². The van der Waals surface area contributed by atoms with Crippen LogP contribution in [0.1, 0.15) is 19.8 Å². The predicted molar refractivity (Wildman–Crippen MR) is 108 cm³/mol. The number of quaternary nitrogens is 1.